The number of hydrogen-bond donors (Lipinski definition) is 2. The number of amides is 1. The molecule has 2 atom stereocenters. The summed E-state index contributed by atoms with van der Waals surface area (Å²) in [4.78, 5) is 24.1. The summed E-state index contributed by atoms with van der Waals surface area (Å²) in [6, 6.07) is 17.9. The van der Waals surface area contributed by atoms with Crippen LogP contribution in [0.25, 0.3) is 11.1 Å². The highest BCUT2D eigenvalue weighted by atomic mass is 16.6. The lowest BCUT2D eigenvalue weighted by molar-refractivity contribution is -0.153. The second kappa shape index (κ2) is 11.5. The van der Waals surface area contributed by atoms with Crippen molar-refractivity contribution in [1.82, 2.24) is 5.32 Å². The third-order valence-corrected chi connectivity index (χ3v) is 4.63. The molecular formula is C25H33NO5. The molecule has 0 fully saturated rings. The molecule has 0 aliphatic heterocycles. The topological polar surface area (TPSA) is 84.9 Å². The van der Waals surface area contributed by atoms with Crippen LogP contribution >= 0.6 is 0 Å². The molecule has 0 aromatic heterocycles. The van der Waals surface area contributed by atoms with Crippen LogP contribution in [0.15, 0.2) is 54.6 Å². The van der Waals surface area contributed by atoms with Crippen molar-refractivity contribution in [1.29, 1.82) is 0 Å². The molecule has 31 heavy (non-hydrogen) atoms. The predicted molar refractivity (Wildman–Crippen MR) is 121 cm³/mol. The molecule has 0 aliphatic rings. The van der Waals surface area contributed by atoms with Crippen LogP contribution in [0, 0.1) is 0 Å². The van der Waals surface area contributed by atoms with Crippen LogP contribution in [0.2, 0.25) is 0 Å². The zero-order chi connectivity index (χ0) is 22.9. The Bertz CT molecular complexity index is 827. The van der Waals surface area contributed by atoms with E-state index in [9.17, 15) is 14.7 Å². The number of alkyl carbamates (subject to hydrolysis) is 1. The number of carbonyl (C=O) groups is 2. The maximum atomic E-state index is 12.2. The van der Waals surface area contributed by atoms with Gasteiger partial charge in [-0.3, -0.25) is 0 Å². The van der Waals surface area contributed by atoms with Gasteiger partial charge in [-0.1, -0.05) is 54.6 Å². The average molecular weight is 428 g/mol. The van der Waals surface area contributed by atoms with Gasteiger partial charge in [-0.2, -0.15) is 0 Å². The Balaban J connectivity index is 2.02. The zero-order valence-electron chi connectivity index (χ0n) is 18.8. The van der Waals surface area contributed by atoms with E-state index in [4.69, 9.17) is 9.47 Å². The number of aryl methyl sites for hydroxylation is 1. The van der Waals surface area contributed by atoms with Gasteiger partial charge in [-0.05, 0) is 57.2 Å². The molecule has 0 heterocycles. The summed E-state index contributed by atoms with van der Waals surface area (Å²) in [5.41, 5.74) is 2.74. The Morgan fingerprint density at radius 1 is 1.00 bits per heavy atom. The van der Waals surface area contributed by atoms with E-state index >= 15 is 0 Å². The molecule has 2 rings (SSSR count). The van der Waals surface area contributed by atoms with E-state index in [0.29, 0.717) is 12.8 Å². The van der Waals surface area contributed by atoms with E-state index in [2.05, 4.69) is 41.7 Å². The SMILES string of the molecule is CCOC(=O)[C@H](O)C[C@H](CCc1ccc(-c2ccccc2)cc1)NC(=O)OC(C)(C)C. The molecule has 0 bridgehead atoms. The molecule has 6 nitrogen and oxygen atoms in total. The van der Waals surface area contributed by atoms with E-state index in [-0.39, 0.29) is 13.0 Å². The number of ether oxygens (including phenoxy) is 2. The van der Waals surface area contributed by atoms with Crippen molar-refractivity contribution in [3.63, 3.8) is 0 Å². The van der Waals surface area contributed by atoms with Crippen molar-refractivity contribution in [3.05, 3.63) is 60.2 Å². The molecule has 1 amide bonds. The van der Waals surface area contributed by atoms with E-state index in [1.165, 1.54) is 0 Å². The Morgan fingerprint density at radius 3 is 2.19 bits per heavy atom. The number of carbonyl (C=O) groups excluding carboxylic acids is 2. The molecule has 0 saturated carbocycles. The quantitative estimate of drug-likeness (QED) is 0.576. The predicted octanol–water partition coefficient (Wildman–Crippen LogP) is 4.49. The second-order valence-electron chi connectivity index (χ2n) is 8.45. The first-order chi connectivity index (χ1) is 14.7. The van der Waals surface area contributed by atoms with Crippen molar-refractivity contribution in [2.24, 2.45) is 0 Å². The monoisotopic (exact) mass is 427 g/mol. The normalized spacial score (nSPS) is 13.2. The number of hydrogen-bond acceptors (Lipinski definition) is 5. The fourth-order valence-electron chi connectivity index (χ4n) is 3.16. The molecule has 2 N–H and O–H groups in total. The molecule has 0 aliphatic carbocycles. The first-order valence-corrected chi connectivity index (χ1v) is 10.7. The summed E-state index contributed by atoms with van der Waals surface area (Å²) in [5, 5.41) is 12.9. The van der Waals surface area contributed by atoms with Gasteiger partial charge in [0.25, 0.3) is 0 Å². The summed E-state index contributed by atoms with van der Waals surface area (Å²) in [5.74, 6) is -0.689. The van der Waals surface area contributed by atoms with Crippen molar-refractivity contribution in [3.8, 4) is 11.1 Å². The molecule has 2 aromatic rings. The van der Waals surface area contributed by atoms with E-state index in [1.807, 2.05) is 18.2 Å². The number of rotatable bonds is 9. The van der Waals surface area contributed by atoms with E-state index in [0.717, 1.165) is 16.7 Å². The highest BCUT2D eigenvalue weighted by Crippen LogP contribution is 2.20. The summed E-state index contributed by atoms with van der Waals surface area (Å²) in [7, 11) is 0. The van der Waals surface area contributed by atoms with Crippen molar-refractivity contribution in [2.75, 3.05) is 6.61 Å². The summed E-state index contributed by atoms with van der Waals surface area (Å²) in [6.45, 7) is 7.21. The van der Waals surface area contributed by atoms with Crippen molar-refractivity contribution >= 4 is 12.1 Å². The lowest BCUT2D eigenvalue weighted by Gasteiger charge is -2.24. The van der Waals surface area contributed by atoms with Gasteiger partial charge >= 0.3 is 12.1 Å². The fraction of sp³-hybridized carbons (Fsp3) is 0.440. The van der Waals surface area contributed by atoms with E-state index < -0.39 is 29.8 Å². The zero-order valence-corrected chi connectivity index (χ0v) is 18.8. The van der Waals surface area contributed by atoms with Crippen LogP contribution in [-0.2, 0) is 20.7 Å². The number of benzene rings is 2. The minimum Gasteiger partial charge on any atom is -0.464 e. The van der Waals surface area contributed by atoms with Crippen molar-refractivity contribution < 1.29 is 24.2 Å². The van der Waals surface area contributed by atoms with Crippen LogP contribution in [0.1, 0.15) is 46.1 Å². The van der Waals surface area contributed by atoms with Gasteiger partial charge in [-0.15, -0.1) is 0 Å². The van der Waals surface area contributed by atoms with Crippen LogP contribution in [0.4, 0.5) is 4.79 Å². The molecule has 0 saturated heterocycles. The summed E-state index contributed by atoms with van der Waals surface area (Å²) < 4.78 is 10.2. The minimum atomic E-state index is -1.31. The average Bonchev–Trinajstić information content (AvgIpc) is 2.71. The van der Waals surface area contributed by atoms with Gasteiger partial charge in [0, 0.05) is 12.5 Å². The Morgan fingerprint density at radius 2 is 1.61 bits per heavy atom. The maximum Gasteiger partial charge on any atom is 0.407 e. The standard InChI is InChI=1S/C25H33NO5/c1-5-30-23(28)22(27)17-21(26-24(29)31-25(2,3)4)16-13-18-11-14-20(15-12-18)19-9-7-6-8-10-19/h6-12,14-15,21-22,27H,5,13,16-17H2,1-4H3,(H,26,29)/t21-,22+/m0/s1. The first-order valence-electron chi connectivity index (χ1n) is 10.7. The highest BCUT2D eigenvalue weighted by molar-refractivity contribution is 5.74. The van der Waals surface area contributed by atoms with Gasteiger partial charge in [0.1, 0.15) is 5.60 Å². The molecule has 168 valence electrons. The Hall–Kier alpha value is -2.86. The van der Waals surface area contributed by atoms with Crippen LogP contribution in [0.5, 0.6) is 0 Å². The molecular weight excluding hydrogens is 394 g/mol. The third-order valence-electron chi connectivity index (χ3n) is 4.63. The third kappa shape index (κ3) is 8.80. The maximum absolute atomic E-state index is 12.2. The second-order valence-corrected chi connectivity index (χ2v) is 8.45. The number of esters is 1. The molecule has 0 radical (unpaired) electrons. The number of aliphatic hydroxyl groups excluding tert-OH is 1. The first kappa shape index (κ1) is 24.4. The van der Waals surface area contributed by atoms with Gasteiger partial charge in [0.15, 0.2) is 6.10 Å². The highest BCUT2D eigenvalue weighted by Gasteiger charge is 2.25. The van der Waals surface area contributed by atoms with E-state index in [1.54, 1.807) is 27.7 Å². The van der Waals surface area contributed by atoms with Gasteiger partial charge in [0.2, 0.25) is 0 Å². The smallest absolute Gasteiger partial charge is 0.407 e. The largest absolute Gasteiger partial charge is 0.464 e. The van der Waals surface area contributed by atoms with Gasteiger partial charge in [-0.25, -0.2) is 9.59 Å². The molecule has 2 aromatic carbocycles. The number of aliphatic hydroxyl groups is 1. The number of nitrogens with one attached hydrogen (secondary N) is 1. The Labute approximate surface area is 184 Å². The summed E-state index contributed by atoms with van der Waals surface area (Å²) in [6.07, 6.45) is -0.612. The van der Waals surface area contributed by atoms with Crippen LogP contribution in [-0.4, -0.2) is 41.5 Å². The molecule has 0 unspecified atom stereocenters. The lowest BCUT2D eigenvalue weighted by Crippen LogP contribution is -2.42. The molecule has 6 heteroatoms. The van der Waals surface area contributed by atoms with Crippen LogP contribution < -0.4 is 5.32 Å². The Kier molecular flexibility index (Phi) is 9.06. The summed E-state index contributed by atoms with van der Waals surface area (Å²) >= 11 is 0. The fourth-order valence-corrected chi connectivity index (χ4v) is 3.16. The molecule has 0 spiro atoms. The lowest BCUT2D eigenvalue weighted by atomic mass is 9.98. The minimum absolute atomic E-state index is 0.0557. The van der Waals surface area contributed by atoms with Gasteiger partial charge in [0.05, 0.1) is 6.61 Å². The van der Waals surface area contributed by atoms with Gasteiger partial charge < -0.3 is 19.9 Å². The van der Waals surface area contributed by atoms with Crippen molar-refractivity contribution in [2.45, 2.75) is 64.7 Å². The van der Waals surface area contributed by atoms with Crippen LogP contribution in [0.3, 0.4) is 0 Å².